The average Bonchev–Trinajstić information content (AvgIpc) is 3.50. The summed E-state index contributed by atoms with van der Waals surface area (Å²) < 4.78 is 4.65. The van der Waals surface area contributed by atoms with E-state index in [-0.39, 0.29) is 0 Å². The Bertz CT molecular complexity index is 1970. The van der Waals surface area contributed by atoms with Gasteiger partial charge in [0.15, 0.2) is 0 Å². The molecule has 4 heterocycles. The maximum Gasteiger partial charge on any atom is 0.0967 e. The second kappa shape index (κ2) is 7.05. The molecule has 0 fully saturated rings. The number of pyridine rings is 2. The van der Waals surface area contributed by atoms with E-state index in [4.69, 9.17) is 9.97 Å². The molecule has 0 aromatic heterocycles. The van der Waals surface area contributed by atoms with Crippen molar-refractivity contribution in [2.24, 2.45) is 14.1 Å². The topological polar surface area (TPSA) is 35.6 Å². The van der Waals surface area contributed by atoms with Crippen LogP contribution in [-0.4, -0.2) is 19.1 Å². The molecule has 3 aromatic carbocycles. The van der Waals surface area contributed by atoms with Crippen LogP contribution in [-0.2, 0) is 26.9 Å². The van der Waals surface area contributed by atoms with Gasteiger partial charge < -0.3 is 9.13 Å². The number of para-hydroxylation sites is 3. The Hall–Kier alpha value is -4.44. The minimum atomic E-state index is 0.887. The van der Waals surface area contributed by atoms with Gasteiger partial charge in [-0.15, -0.1) is 0 Å². The summed E-state index contributed by atoms with van der Waals surface area (Å²) in [7, 11) is 4.34. The molecule has 0 radical (unpaired) electrons. The highest BCUT2D eigenvalue weighted by Gasteiger charge is 2.31. The molecule has 3 aromatic rings. The summed E-state index contributed by atoms with van der Waals surface area (Å²) in [4.78, 5) is 10.6. The van der Waals surface area contributed by atoms with Gasteiger partial charge in [0.05, 0.1) is 34.0 Å². The fraction of sp³-hybridized carbons (Fsp3) is 0.125. The number of aromatic nitrogens is 4. The second-order valence-corrected chi connectivity index (χ2v) is 9.84. The van der Waals surface area contributed by atoms with Crippen LogP contribution in [0.15, 0.2) is 84.9 Å². The number of fused-ring (bicyclic) bond motifs is 8. The van der Waals surface area contributed by atoms with Crippen LogP contribution in [0.5, 0.6) is 0 Å². The van der Waals surface area contributed by atoms with Crippen molar-refractivity contribution in [3.8, 4) is 33.9 Å². The highest BCUT2D eigenvalue weighted by Crippen LogP contribution is 2.49. The summed E-state index contributed by atoms with van der Waals surface area (Å²) in [6, 6.07) is 25.9. The van der Waals surface area contributed by atoms with E-state index >= 15 is 0 Å². The van der Waals surface area contributed by atoms with Gasteiger partial charge in [-0.2, -0.15) is 0 Å². The van der Waals surface area contributed by atoms with Crippen molar-refractivity contribution in [1.29, 1.82) is 0 Å². The number of benzene rings is 3. The third-order valence-electron chi connectivity index (χ3n) is 7.98. The predicted molar refractivity (Wildman–Crippen MR) is 148 cm³/mol. The van der Waals surface area contributed by atoms with Crippen LogP contribution in [0.1, 0.15) is 11.3 Å². The molecule has 0 saturated carbocycles. The fourth-order valence-corrected chi connectivity index (χ4v) is 6.39. The average molecular weight is 465 g/mol. The fourth-order valence-electron chi connectivity index (χ4n) is 6.39. The monoisotopic (exact) mass is 464 g/mol. The maximum absolute atomic E-state index is 5.32. The molecule has 0 N–H and O–H groups in total. The molecular formula is C32H24N4. The van der Waals surface area contributed by atoms with Crippen molar-refractivity contribution >= 4 is 32.7 Å². The van der Waals surface area contributed by atoms with E-state index in [2.05, 4.69) is 108 Å². The van der Waals surface area contributed by atoms with Gasteiger partial charge >= 0.3 is 0 Å². The van der Waals surface area contributed by atoms with Gasteiger partial charge in [-0.1, -0.05) is 66.7 Å². The number of aryl methyl sites for hydroxylation is 2. The Morgan fingerprint density at radius 2 is 1.14 bits per heavy atom. The molecule has 172 valence electrons. The summed E-state index contributed by atoms with van der Waals surface area (Å²) >= 11 is 0. The minimum absolute atomic E-state index is 0.887. The second-order valence-electron chi connectivity index (χ2n) is 9.84. The molecule has 1 aliphatic carbocycles. The predicted octanol–water partition coefficient (Wildman–Crippen LogP) is 7.14. The van der Waals surface area contributed by atoms with E-state index in [0.717, 1.165) is 29.7 Å². The highest BCUT2D eigenvalue weighted by molar-refractivity contribution is 6.16. The summed E-state index contributed by atoms with van der Waals surface area (Å²) in [6.45, 7) is 0. The lowest BCUT2D eigenvalue weighted by atomic mass is 9.89. The van der Waals surface area contributed by atoms with Gasteiger partial charge in [0.25, 0.3) is 0 Å². The quantitative estimate of drug-likeness (QED) is 0.242. The minimum Gasteiger partial charge on any atom is -0.342 e. The van der Waals surface area contributed by atoms with Crippen LogP contribution in [0, 0.1) is 0 Å². The lowest BCUT2D eigenvalue weighted by Crippen LogP contribution is -2.07. The van der Waals surface area contributed by atoms with Crippen LogP contribution < -0.4 is 0 Å². The third kappa shape index (κ3) is 2.43. The first kappa shape index (κ1) is 19.8. The van der Waals surface area contributed by atoms with E-state index in [1.165, 1.54) is 61.0 Å². The maximum atomic E-state index is 5.32. The molecule has 4 aliphatic heterocycles. The molecule has 4 nitrogen and oxygen atoms in total. The van der Waals surface area contributed by atoms with Gasteiger partial charge in [-0.3, -0.25) is 0 Å². The van der Waals surface area contributed by atoms with Gasteiger partial charge in [-0.05, 0) is 24.6 Å². The zero-order valence-corrected chi connectivity index (χ0v) is 20.3. The van der Waals surface area contributed by atoms with Crippen LogP contribution >= 0.6 is 0 Å². The summed E-state index contributed by atoms with van der Waals surface area (Å²) in [5.74, 6) is 0. The van der Waals surface area contributed by atoms with E-state index in [9.17, 15) is 0 Å². The molecule has 0 spiro atoms. The SMILES string of the molecule is Cn1c2c3c(nc-2c(-c2c4nc5ccccc5c-4n(C)c4ccccc24)c2ccccc21)CC=CC3. The van der Waals surface area contributed by atoms with Gasteiger partial charge in [-0.25, -0.2) is 9.97 Å². The van der Waals surface area contributed by atoms with Gasteiger partial charge in [0.2, 0.25) is 0 Å². The first-order valence-electron chi connectivity index (χ1n) is 12.5. The molecular weight excluding hydrogens is 440 g/mol. The van der Waals surface area contributed by atoms with Crippen LogP contribution in [0.3, 0.4) is 0 Å². The number of nitrogens with zero attached hydrogens (tertiary/aromatic N) is 4. The molecule has 5 aliphatic rings. The third-order valence-corrected chi connectivity index (χ3v) is 7.98. The van der Waals surface area contributed by atoms with Crippen molar-refractivity contribution in [1.82, 2.24) is 19.1 Å². The number of rotatable bonds is 1. The molecule has 0 saturated heterocycles. The lowest BCUT2D eigenvalue weighted by Gasteiger charge is -2.23. The Morgan fingerprint density at radius 3 is 1.86 bits per heavy atom. The lowest BCUT2D eigenvalue weighted by molar-refractivity contribution is 0.946. The first-order valence-corrected chi connectivity index (χ1v) is 12.5. The number of allylic oxidation sites excluding steroid dienone is 2. The number of hydrogen-bond donors (Lipinski definition) is 0. The zero-order valence-electron chi connectivity index (χ0n) is 20.3. The van der Waals surface area contributed by atoms with Crippen molar-refractivity contribution in [3.63, 3.8) is 0 Å². The van der Waals surface area contributed by atoms with Gasteiger partial charge in [0.1, 0.15) is 0 Å². The first-order chi connectivity index (χ1) is 17.7. The summed E-state index contributed by atoms with van der Waals surface area (Å²) in [5, 5.41) is 3.60. The molecule has 0 bridgehead atoms. The zero-order chi connectivity index (χ0) is 24.0. The summed E-state index contributed by atoms with van der Waals surface area (Å²) in [6.07, 6.45) is 6.34. The standard InChI is InChI=1S/C32H24N4/c1-35-25-17-9-5-13-21(25)27(29-31(35)19-11-3-7-15-23(19)33-29)28-22-14-6-10-18-26(22)36(2)32-20-12-4-8-16-24(20)34-30(28)32/h3-11,13-15,17-18H,12,16H2,1-2H3. The van der Waals surface area contributed by atoms with E-state index in [1.807, 2.05) is 0 Å². The van der Waals surface area contributed by atoms with Crippen LogP contribution in [0.25, 0.3) is 66.6 Å². The Labute approximate surface area is 208 Å². The van der Waals surface area contributed by atoms with Crippen LogP contribution in [0.4, 0.5) is 0 Å². The normalized spacial score (nSPS) is 13.5. The van der Waals surface area contributed by atoms with Crippen molar-refractivity contribution < 1.29 is 0 Å². The molecule has 4 heteroatoms. The molecule has 0 atom stereocenters. The Kier molecular flexibility index (Phi) is 3.88. The largest absolute Gasteiger partial charge is 0.342 e. The van der Waals surface area contributed by atoms with Gasteiger partial charge in [0, 0.05) is 64.4 Å². The van der Waals surface area contributed by atoms with Crippen molar-refractivity contribution in [2.75, 3.05) is 0 Å². The molecule has 0 amide bonds. The molecule has 0 unspecified atom stereocenters. The number of hydrogen-bond acceptors (Lipinski definition) is 2. The van der Waals surface area contributed by atoms with Crippen molar-refractivity contribution in [3.05, 3.63) is 96.2 Å². The van der Waals surface area contributed by atoms with E-state index in [1.54, 1.807) is 0 Å². The highest BCUT2D eigenvalue weighted by atomic mass is 15.0. The van der Waals surface area contributed by atoms with Crippen LogP contribution in [0.2, 0.25) is 0 Å². The smallest absolute Gasteiger partial charge is 0.0967 e. The van der Waals surface area contributed by atoms with E-state index in [0.29, 0.717) is 0 Å². The van der Waals surface area contributed by atoms with Crippen molar-refractivity contribution in [2.45, 2.75) is 12.8 Å². The summed E-state index contributed by atoms with van der Waals surface area (Å²) in [5.41, 5.74) is 12.9. The molecule has 36 heavy (non-hydrogen) atoms. The Balaban J connectivity index is 1.64. The molecule has 8 rings (SSSR count). The Morgan fingerprint density at radius 1 is 0.583 bits per heavy atom. The van der Waals surface area contributed by atoms with E-state index < -0.39 is 0 Å².